The highest BCUT2D eigenvalue weighted by atomic mass is 19.4. The lowest BCUT2D eigenvalue weighted by Crippen LogP contribution is -2.06. The van der Waals surface area contributed by atoms with Crippen LogP contribution in [0.25, 0.3) is 66.1 Å². The zero-order valence-corrected chi connectivity index (χ0v) is 26.7. The van der Waals surface area contributed by atoms with E-state index in [0.29, 0.717) is 82.8 Å². The van der Waals surface area contributed by atoms with Crippen molar-refractivity contribution in [2.75, 3.05) is 0 Å². The van der Waals surface area contributed by atoms with Gasteiger partial charge in [0.25, 0.3) is 0 Å². The number of hydrogen-bond acceptors (Lipinski definition) is 5. The first-order chi connectivity index (χ1) is 25.2. The Bertz CT molecular complexity index is 2930. The van der Waals surface area contributed by atoms with E-state index in [1.165, 1.54) is 6.07 Å². The minimum Gasteiger partial charge on any atom is -0.309 e. The Morgan fingerprint density at radius 2 is 0.865 bits per heavy atom. The van der Waals surface area contributed by atoms with E-state index in [0.717, 1.165) is 12.1 Å². The molecule has 2 aromatic heterocycles. The van der Waals surface area contributed by atoms with Gasteiger partial charge in [-0.1, -0.05) is 12.1 Å². The normalized spacial score (nSPS) is 11.3. The third-order valence-corrected chi connectivity index (χ3v) is 9.26. The van der Waals surface area contributed by atoms with Crippen LogP contribution < -0.4 is 0 Å². The van der Waals surface area contributed by atoms with E-state index in [9.17, 15) is 39.5 Å². The zero-order valence-electron chi connectivity index (χ0n) is 26.7. The maximum absolute atomic E-state index is 14.2. The van der Waals surface area contributed by atoms with E-state index in [1.54, 1.807) is 91.0 Å². The van der Waals surface area contributed by atoms with Crippen LogP contribution in [0.3, 0.4) is 0 Å². The van der Waals surface area contributed by atoms with Gasteiger partial charge in [-0.05, 0) is 103 Å². The molecule has 2 heterocycles. The number of rotatable bonds is 3. The largest absolute Gasteiger partial charge is 0.416 e. The van der Waals surface area contributed by atoms with Crippen molar-refractivity contribution in [3.05, 3.63) is 143 Å². The van der Waals surface area contributed by atoms with Crippen LogP contribution in [0.4, 0.5) is 13.2 Å². The van der Waals surface area contributed by atoms with Crippen molar-refractivity contribution in [1.29, 1.82) is 26.3 Å². The average molecular weight is 678 g/mol. The highest BCUT2D eigenvalue weighted by Crippen LogP contribution is 2.42. The summed E-state index contributed by atoms with van der Waals surface area (Å²) < 4.78 is 46.1. The Kier molecular flexibility index (Phi) is 7.04. The highest BCUT2D eigenvalue weighted by molar-refractivity contribution is 6.12. The summed E-state index contributed by atoms with van der Waals surface area (Å²) in [5.41, 5.74) is 4.69. The topological polar surface area (TPSA) is 129 Å². The second kappa shape index (κ2) is 11.6. The van der Waals surface area contributed by atoms with Crippen LogP contribution in [0.15, 0.2) is 109 Å². The van der Waals surface area contributed by atoms with Crippen molar-refractivity contribution in [1.82, 2.24) is 9.13 Å². The predicted molar refractivity (Wildman–Crippen MR) is 189 cm³/mol. The molecule has 0 aliphatic rings. The zero-order chi connectivity index (χ0) is 36.3. The molecule has 0 unspecified atom stereocenters. The van der Waals surface area contributed by atoms with Gasteiger partial charge < -0.3 is 9.13 Å². The van der Waals surface area contributed by atoms with Gasteiger partial charge in [-0.2, -0.15) is 39.5 Å². The minimum atomic E-state index is -4.64. The van der Waals surface area contributed by atoms with Crippen molar-refractivity contribution < 1.29 is 13.2 Å². The average Bonchev–Trinajstić information content (AvgIpc) is 3.67. The van der Waals surface area contributed by atoms with E-state index in [-0.39, 0.29) is 11.1 Å². The first kappa shape index (κ1) is 31.4. The van der Waals surface area contributed by atoms with Crippen LogP contribution in [0.2, 0.25) is 0 Å². The molecule has 0 N–H and O–H groups in total. The van der Waals surface area contributed by atoms with Gasteiger partial charge in [-0.3, -0.25) is 0 Å². The van der Waals surface area contributed by atoms with Gasteiger partial charge in [0.1, 0.15) is 6.07 Å². The molecule has 52 heavy (non-hydrogen) atoms. The second-order valence-electron chi connectivity index (χ2n) is 12.1. The number of aromatic nitrogens is 2. The number of alkyl halides is 3. The summed E-state index contributed by atoms with van der Waals surface area (Å²) in [6.07, 6.45) is -4.64. The summed E-state index contributed by atoms with van der Waals surface area (Å²) in [6.45, 7) is 0. The van der Waals surface area contributed by atoms with E-state index in [1.807, 2.05) is 9.13 Å². The van der Waals surface area contributed by atoms with Crippen LogP contribution in [0.1, 0.15) is 33.4 Å². The SMILES string of the molecule is N#Cc1ccc2c(c1)c1cc(C#N)ccc1n2-c1cc(-c2cccc(C(F)(F)F)c2)c(-n2c3ccc(C#N)cc3c3cc(C#N)ccc32)cc1C#N. The summed E-state index contributed by atoms with van der Waals surface area (Å²) in [5.74, 6) is 0. The van der Waals surface area contributed by atoms with Crippen LogP contribution in [0.5, 0.6) is 0 Å². The Morgan fingerprint density at radius 3 is 1.25 bits per heavy atom. The third-order valence-electron chi connectivity index (χ3n) is 9.26. The number of fused-ring (bicyclic) bond motifs is 6. The summed E-state index contributed by atoms with van der Waals surface area (Å²) in [6, 6.07) is 39.4. The molecular weight excluding hydrogens is 660 g/mol. The molecule has 7 nitrogen and oxygen atoms in total. The Balaban J connectivity index is 1.54. The Labute approximate surface area is 293 Å². The van der Waals surface area contributed by atoms with E-state index in [4.69, 9.17) is 0 Å². The number of nitriles is 5. The fourth-order valence-corrected chi connectivity index (χ4v) is 6.97. The Hall–Kier alpha value is -7.84. The number of halogens is 3. The molecule has 0 spiro atoms. The first-order valence-corrected chi connectivity index (χ1v) is 15.7. The molecule has 10 heteroatoms. The lowest BCUT2D eigenvalue weighted by molar-refractivity contribution is -0.137. The monoisotopic (exact) mass is 677 g/mol. The molecule has 0 saturated heterocycles. The lowest BCUT2D eigenvalue weighted by Gasteiger charge is -2.19. The number of hydrogen-bond donors (Lipinski definition) is 0. The molecule has 0 radical (unpaired) electrons. The molecule has 6 aromatic carbocycles. The summed E-state index contributed by atoms with van der Waals surface area (Å²) in [7, 11) is 0. The van der Waals surface area contributed by atoms with Crippen molar-refractivity contribution >= 4 is 43.6 Å². The maximum atomic E-state index is 14.2. The summed E-state index contributed by atoms with van der Waals surface area (Å²) in [5, 5.41) is 52.1. The van der Waals surface area contributed by atoms with Crippen molar-refractivity contribution in [3.63, 3.8) is 0 Å². The van der Waals surface area contributed by atoms with Crippen molar-refractivity contribution in [2.24, 2.45) is 0 Å². The quantitative estimate of drug-likeness (QED) is 0.184. The molecule has 242 valence electrons. The molecule has 8 aromatic rings. The third kappa shape index (κ3) is 4.79. The Morgan fingerprint density at radius 1 is 0.442 bits per heavy atom. The predicted octanol–water partition coefficient (Wildman–Crippen LogP) is 9.92. The molecule has 0 aliphatic heterocycles. The molecule has 0 fully saturated rings. The molecule has 0 amide bonds. The molecule has 0 atom stereocenters. The lowest BCUT2D eigenvalue weighted by atomic mass is 9.97. The fourth-order valence-electron chi connectivity index (χ4n) is 6.97. The summed E-state index contributed by atoms with van der Waals surface area (Å²) in [4.78, 5) is 0. The van der Waals surface area contributed by atoms with E-state index < -0.39 is 11.7 Å². The van der Waals surface area contributed by atoms with Gasteiger partial charge in [0, 0.05) is 27.1 Å². The maximum Gasteiger partial charge on any atom is 0.416 e. The van der Waals surface area contributed by atoms with E-state index in [2.05, 4.69) is 30.3 Å². The molecular formula is C42H18F3N7. The number of nitrogens with zero attached hydrogens (tertiary/aromatic N) is 7. The van der Waals surface area contributed by atoms with Crippen molar-refractivity contribution in [2.45, 2.75) is 6.18 Å². The fraction of sp³-hybridized carbons (Fsp3) is 0.0238. The van der Waals surface area contributed by atoms with Gasteiger partial charge in [-0.15, -0.1) is 0 Å². The van der Waals surface area contributed by atoms with Gasteiger partial charge in [0.15, 0.2) is 0 Å². The van der Waals surface area contributed by atoms with Gasteiger partial charge in [-0.25, -0.2) is 0 Å². The first-order valence-electron chi connectivity index (χ1n) is 15.7. The summed E-state index contributed by atoms with van der Waals surface area (Å²) >= 11 is 0. The molecule has 8 rings (SSSR count). The number of benzene rings is 6. The highest BCUT2D eigenvalue weighted by Gasteiger charge is 2.31. The standard InChI is InChI=1S/C42H18F3N7/c43-42(44,45)30-3-1-2-28(16-30)31-18-40(51-36-8-4-24(19-46)12-32(36)33-13-25(20-47)5-9-37(33)51)29(23-50)17-41(31)52-38-10-6-26(21-48)14-34(38)35-15-27(22-49)7-11-39(35)52/h1-18H. The smallest absolute Gasteiger partial charge is 0.309 e. The van der Waals surface area contributed by atoms with Crippen LogP contribution in [-0.4, -0.2) is 9.13 Å². The van der Waals surface area contributed by atoms with Crippen molar-refractivity contribution in [3.8, 4) is 52.8 Å². The van der Waals surface area contributed by atoms with Crippen LogP contribution in [-0.2, 0) is 6.18 Å². The van der Waals surface area contributed by atoms with Gasteiger partial charge in [0.2, 0.25) is 0 Å². The van der Waals surface area contributed by atoms with Gasteiger partial charge >= 0.3 is 6.18 Å². The van der Waals surface area contributed by atoms with Gasteiger partial charge in [0.05, 0.1) is 91.1 Å². The van der Waals surface area contributed by atoms with E-state index >= 15 is 0 Å². The molecule has 0 bridgehead atoms. The molecule has 0 saturated carbocycles. The minimum absolute atomic E-state index is 0.190. The van der Waals surface area contributed by atoms with Crippen LogP contribution >= 0.6 is 0 Å². The second-order valence-corrected chi connectivity index (χ2v) is 12.1. The molecule has 0 aliphatic carbocycles. The van der Waals surface area contributed by atoms with Crippen LogP contribution in [0, 0.1) is 56.7 Å².